The second-order valence-electron chi connectivity index (χ2n) is 5.24. The third-order valence-corrected chi connectivity index (χ3v) is 4.73. The first-order chi connectivity index (χ1) is 11.0. The summed E-state index contributed by atoms with van der Waals surface area (Å²) in [4.78, 5) is 20.6. The van der Waals surface area contributed by atoms with E-state index >= 15 is 0 Å². The van der Waals surface area contributed by atoms with E-state index in [2.05, 4.69) is 41.7 Å². The number of benzene rings is 1. The number of carbonyl (C=O) groups is 1. The van der Waals surface area contributed by atoms with Crippen LogP contribution in [0.4, 0.5) is 10.2 Å². The minimum Gasteiger partial charge on any atom is -0.353 e. The van der Waals surface area contributed by atoms with E-state index in [9.17, 15) is 9.18 Å². The highest BCUT2D eigenvalue weighted by molar-refractivity contribution is 9.10. The van der Waals surface area contributed by atoms with Crippen LogP contribution < -0.4 is 4.90 Å². The van der Waals surface area contributed by atoms with Crippen LogP contribution in [0.25, 0.3) is 0 Å². The molecule has 1 aromatic carbocycles. The largest absolute Gasteiger partial charge is 0.353 e. The lowest BCUT2D eigenvalue weighted by Crippen LogP contribution is -2.49. The second kappa shape index (κ2) is 6.97. The van der Waals surface area contributed by atoms with E-state index in [0.29, 0.717) is 30.7 Å². The van der Waals surface area contributed by atoms with Gasteiger partial charge in [0.15, 0.2) is 0 Å². The van der Waals surface area contributed by atoms with Crippen molar-refractivity contribution in [3.63, 3.8) is 0 Å². The highest BCUT2D eigenvalue weighted by Gasteiger charge is 2.24. The van der Waals surface area contributed by atoms with E-state index in [1.807, 2.05) is 12.1 Å². The van der Waals surface area contributed by atoms with Gasteiger partial charge in [0.05, 0.1) is 5.56 Å². The van der Waals surface area contributed by atoms with Crippen LogP contribution >= 0.6 is 31.9 Å². The minimum absolute atomic E-state index is 0.114. The first-order valence-corrected chi connectivity index (χ1v) is 8.74. The van der Waals surface area contributed by atoms with Crippen molar-refractivity contribution in [3.8, 4) is 0 Å². The molecule has 0 atom stereocenters. The molecule has 7 heteroatoms. The zero-order valence-corrected chi connectivity index (χ0v) is 15.3. The van der Waals surface area contributed by atoms with E-state index in [1.54, 1.807) is 17.2 Å². The van der Waals surface area contributed by atoms with Crippen LogP contribution in [0.2, 0.25) is 0 Å². The maximum atomic E-state index is 13.9. The van der Waals surface area contributed by atoms with Crippen LogP contribution in [0.15, 0.2) is 45.5 Å². The summed E-state index contributed by atoms with van der Waals surface area (Å²) in [6, 6.07) is 8.39. The molecule has 0 bridgehead atoms. The Morgan fingerprint density at radius 2 is 1.74 bits per heavy atom. The third-order valence-electron chi connectivity index (χ3n) is 3.76. The number of halogens is 3. The van der Waals surface area contributed by atoms with Crippen LogP contribution in [0.1, 0.15) is 10.4 Å². The summed E-state index contributed by atoms with van der Waals surface area (Å²) in [6.07, 6.45) is 1.75. The molecule has 120 valence electrons. The third kappa shape index (κ3) is 3.72. The molecule has 2 aromatic rings. The van der Waals surface area contributed by atoms with Crippen LogP contribution in [-0.4, -0.2) is 42.0 Å². The summed E-state index contributed by atoms with van der Waals surface area (Å²) >= 11 is 6.56. The van der Waals surface area contributed by atoms with Crippen LogP contribution in [0, 0.1) is 5.82 Å². The lowest BCUT2D eigenvalue weighted by Gasteiger charge is -2.35. The maximum absolute atomic E-state index is 13.9. The normalized spacial score (nSPS) is 14.9. The molecule has 0 radical (unpaired) electrons. The molecule has 1 aliphatic heterocycles. The molecule has 2 heterocycles. The summed E-state index contributed by atoms with van der Waals surface area (Å²) in [5, 5.41) is 0. The van der Waals surface area contributed by atoms with Gasteiger partial charge in [-0.2, -0.15) is 0 Å². The number of hydrogen-bond donors (Lipinski definition) is 0. The Bertz CT molecular complexity index is 716. The molecule has 1 saturated heterocycles. The lowest BCUT2D eigenvalue weighted by molar-refractivity contribution is 0.0742. The number of aromatic nitrogens is 1. The van der Waals surface area contributed by atoms with Crippen LogP contribution in [-0.2, 0) is 0 Å². The molecule has 1 aliphatic rings. The fraction of sp³-hybridized carbons (Fsp3) is 0.250. The van der Waals surface area contributed by atoms with Crippen molar-refractivity contribution in [2.75, 3.05) is 31.1 Å². The van der Waals surface area contributed by atoms with Gasteiger partial charge in [-0.05, 0) is 46.3 Å². The van der Waals surface area contributed by atoms with Gasteiger partial charge < -0.3 is 9.80 Å². The molecular formula is C16H14Br2FN3O. The molecule has 0 unspecified atom stereocenters. The van der Waals surface area contributed by atoms with Crippen LogP contribution in [0.5, 0.6) is 0 Å². The number of amides is 1. The number of anilines is 1. The predicted octanol–water partition coefficient (Wildman–Crippen LogP) is 3.71. The predicted molar refractivity (Wildman–Crippen MR) is 94.2 cm³/mol. The maximum Gasteiger partial charge on any atom is 0.256 e. The van der Waals surface area contributed by atoms with E-state index < -0.39 is 5.82 Å². The van der Waals surface area contributed by atoms with Crippen molar-refractivity contribution in [1.29, 1.82) is 0 Å². The summed E-state index contributed by atoms with van der Waals surface area (Å²) in [5.74, 6) is 0.120. The Morgan fingerprint density at radius 3 is 2.35 bits per heavy atom. The smallest absolute Gasteiger partial charge is 0.256 e. The Morgan fingerprint density at radius 1 is 1.04 bits per heavy atom. The number of hydrogen-bond acceptors (Lipinski definition) is 3. The van der Waals surface area contributed by atoms with Crippen molar-refractivity contribution in [2.24, 2.45) is 0 Å². The Labute approximate surface area is 150 Å². The summed E-state index contributed by atoms with van der Waals surface area (Å²) in [7, 11) is 0. The number of piperazine rings is 1. The summed E-state index contributed by atoms with van der Waals surface area (Å²) in [5.41, 5.74) is 0.114. The van der Waals surface area contributed by atoms with E-state index in [-0.39, 0.29) is 11.5 Å². The SMILES string of the molecule is O=C(c1ccc(Br)cc1F)N1CCN(c2ccc(Br)cn2)CC1. The first-order valence-electron chi connectivity index (χ1n) is 7.15. The highest BCUT2D eigenvalue weighted by Crippen LogP contribution is 2.20. The molecule has 1 aromatic heterocycles. The van der Waals surface area contributed by atoms with Gasteiger partial charge in [-0.25, -0.2) is 9.37 Å². The molecular weight excluding hydrogens is 429 g/mol. The second-order valence-corrected chi connectivity index (χ2v) is 7.07. The van der Waals surface area contributed by atoms with Gasteiger partial charge in [0.1, 0.15) is 11.6 Å². The number of carbonyl (C=O) groups excluding carboxylic acids is 1. The topological polar surface area (TPSA) is 36.4 Å². The van der Waals surface area contributed by atoms with Crippen molar-refractivity contribution in [3.05, 3.63) is 56.9 Å². The zero-order chi connectivity index (χ0) is 16.4. The molecule has 23 heavy (non-hydrogen) atoms. The highest BCUT2D eigenvalue weighted by atomic mass is 79.9. The average molecular weight is 443 g/mol. The van der Waals surface area contributed by atoms with Crippen molar-refractivity contribution in [1.82, 2.24) is 9.88 Å². The number of pyridine rings is 1. The quantitative estimate of drug-likeness (QED) is 0.711. The van der Waals surface area contributed by atoms with Gasteiger partial charge in [-0.15, -0.1) is 0 Å². The number of nitrogens with zero attached hydrogens (tertiary/aromatic N) is 3. The lowest BCUT2D eigenvalue weighted by atomic mass is 10.1. The molecule has 1 amide bonds. The molecule has 1 fully saturated rings. The molecule has 0 saturated carbocycles. The molecule has 0 aliphatic carbocycles. The fourth-order valence-electron chi connectivity index (χ4n) is 2.53. The van der Waals surface area contributed by atoms with E-state index in [1.165, 1.54) is 12.1 Å². The molecule has 4 nitrogen and oxygen atoms in total. The molecule has 3 rings (SSSR count). The molecule has 0 spiro atoms. The van der Waals surface area contributed by atoms with Gasteiger partial charge in [0, 0.05) is 41.3 Å². The standard InChI is InChI=1S/C16H14Br2FN3O/c17-11-1-3-13(14(19)9-11)16(23)22-7-5-21(6-8-22)15-4-2-12(18)10-20-15/h1-4,9-10H,5-8H2. The number of rotatable bonds is 2. The van der Waals surface area contributed by atoms with Gasteiger partial charge in [0.25, 0.3) is 5.91 Å². The van der Waals surface area contributed by atoms with Gasteiger partial charge in [0.2, 0.25) is 0 Å². The Kier molecular flexibility index (Phi) is 4.96. The monoisotopic (exact) mass is 441 g/mol. The minimum atomic E-state index is -0.499. The van der Waals surface area contributed by atoms with Gasteiger partial charge >= 0.3 is 0 Å². The van der Waals surface area contributed by atoms with Crippen molar-refractivity contribution < 1.29 is 9.18 Å². The van der Waals surface area contributed by atoms with Gasteiger partial charge in [-0.3, -0.25) is 4.79 Å². The van der Waals surface area contributed by atoms with Crippen molar-refractivity contribution in [2.45, 2.75) is 0 Å². The first kappa shape index (κ1) is 16.4. The fourth-order valence-corrected chi connectivity index (χ4v) is 3.09. The van der Waals surface area contributed by atoms with E-state index in [0.717, 1.165) is 10.3 Å². The summed E-state index contributed by atoms with van der Waals surface area (Å²) < 4.78 is 15.5. The summed E-state index contributed by atoms with van der Waals surface area (Å²) in [6.45, 7) is 2.45. The van der Waals surface area contributed by atoms with Crippen LogP contribution in [0.3, 0.4) is 0 Å². The Hall–Kier alpha value is -1.47. The van der Waals surface area contributed by atoms with Crippen molar-refractivity contribution >= 4 is 43.6 Å². The van der Waals surface area contributed by atoms with E-state index in [4.69, 9.17) is 0 Å². The average Bonchev–Trinajstić information content (AvgIpc) is 2.55. The zero-order valence-electron chi connectivity index (χ0n) is 12.2. The van der Waals surface area contributed by atoms with Gasteiger partial charge in [-0.1, -0.05) is 15.9 Å². The Balaban J connectivity index is 1.66. The molecule has 0 N–H and O–H groups in total.